The molecule has 1 heterocycles. The van der Waals surface area contributed by atoms with Gasteiger partial charge in [-0.1, -0.05) is 6.07 Å². The number of aryl methyl sites for hydroxylation is 1. The van der Waals surface area contributed by atoms with E-state index in [2.05, 4.69) is 10.5 Å². The van der Waals surface area contributed by atoms with Crippen molar-refractivity contribution in [1.82, 2.24) is 9.99 Å². The van der Waals surface area contributed by atoms with Crippen LogP contribution in [0, 0.1) is 13.8 Å². The third-order valence-electron chi connectivity index (χ3n) is 4.98. The predicted octanol–water partition coefficient (Wildman–Crippen LogP) is 3.66. The Bertz CT molecular complexity index is 1160. The van der Waals surface area contributed by atoms with Crippen LogP contribution >= 0.6 is 0 Å². The third kappa shape index (κ3) is 4.80. The molecule has 0 bridgehead atoms. The van der Waals surface area contributed by atoms with Crippen LogP contribution in [0.1, 0.15) is 37.7 Å². The fraction of sp³-hybridized carbons (Fsp3) is 0.208. The summed E-state index contributed by atoms with van der Waals surface area (Å²) >= 11 is 0. The van der Waals surface area contributed by atoms with Crippen LogP contribution in [0.4, 0.5) is 0 Å². The van der Waals surface area contributed by atoms with Crippen molar-refractivity contribution in [3.8, 4) is 17.2 Å². The first-order valence-corrected chi connectivity index (χ1v) is 9.82. The van der Waals surface area contributed by atoms with E-state index >= 15 is 0 Å². The lowest BCUT2D eigenvalue weighted by Gasteiger charge is -2.11. The van der Waals surface area contributed by atoms with Gasteiger partial charge in [-0.25, -0.2) is 10.2 Å². The molecular weight excluding hydrogens is 410 g/mol. The Morgan fingerprint density at radius 3 is 2.25 bits per heavy atom. The quantitative estimate of drug-likeness (QED) is 0.347. The summed E-state index contributed by atoms with van der Waals surface area (Å²) < 4.78 is 17.2. The van der Waals surface area contributed by atoms with Gasteiger partial charge < -0.3 is 18.8 Å². The molecule has 0 unspecified atom stereocenters. The maximum absolute atomic E-state index is 12.5. The van der Waals surface area contributed by atoms with E-state index in [9.17, 15) is 9.59 Å². The number of carbonyl (C=O) groups excluding carboxylic acids is 2. The van der Waals surface area contributed by atoms with Crippen molar-refractivity contribution in [3.63, 3.8) is 0 Å². The zero-order valence-electron chi connectivity index (χ0n) is 18.6. The van der Waals surface area contributed by atoms with E-state index in [0.29, 0.717) is 22.6 Å². The van der Waals surface area contributed by atoms with Crippen molar-refractivity contribution < 1.29 is 23.8 Å². The first-order valence-electron chi connectivity index (χ1n) is 9.82. The average molecular weight is 435 g/mol. The van der Waals surface area contributed by atoms with E-state index in [-0.39, 0.29) is 0 Å². The summed E-state index contributed by atoms with van der Waals surface area (Å²) in [5.74, 6) is 0.235. The molecule has 3 aromatic rings. The Hall–Kier alpha value is -4.07. The molecule has 0 aliphatic carbocycles. The van der Waals surface area contributed by atoms with Crippen LogP contribution in [-0.2, 0) is 4.74 Å². The molecule has 0 radical (unpaired) electrons. The molecule has 0 saturated carbocycles. The molecule has 2 aromatic carbocycles. The average Bonchev–Trinajstić information content (AvgIpc) is 3.10. The van der Waals surface area contributed by atoms with Crippen molar-refractivity contribution >= 4 is 18.1 Å². The number of hydrogen-bond acceptors (Lipinski definition) is 6. The molecule has 0 saturated heterocycles. The fourth-order valence-electron chi connectivity index (χ4n) is 3.37. The Morgan fingerprint density at radius 1 is 0.938 bits per heavy atom. The molecule has 32 heavy (non-hydrogen) atoms. The number of aromatic nitrogens is 1. The number of amides is 1. The zero-order valence-corrected chi connectivity index (χ0v) is 18.6. The predicted molar refractivity (Wildman–Crippen MR) is 121 cm³/mol. The summed E-state index contributed by atoms with van der Waals surface area (Å²) in [4.78, 5) is 24.4. The van der Waals surface area contributed by atoms with Crippen molar-refractivity contribution in [1.29, 1.82) is 0 Å². The molecule has 0 atom stereocenters. The van der Waals surface area contributed by atoms with Crippen molar-refractivity contribution in [3.05, 3.63) is 76.6 Å². The van der Waals surface area contributed by atoms with Crippen LogP contribution < -0.4 is 14.9 Å². The largest absolute Gasteiger partial charge is 0.497 e. The molecule has 166 valence electrons. The number of carbonyl (C=O) groups is 2. The number of rotatable bonds is 7. The minimum absolute atomic E-state index is 0.364. The lowest BCUT2D eigenvalue weighted by atomic mass is 10.2. The van der Waals surface area contributed by atoms with E-state index in [1.165, 1.54) is 21.3 Å². The maximum atomic E-state index is 12.5. The zero-order chi connectivity index (χ0) is 23.3. The van der Waals surface area contributed by atoms with Crippen molar-refractivity contribution in [2.24, 2.45) is 5.10 Å². The topological polar surface area (TPSA) is 91.2 Å². The summed E-state index contributed by atoms with van der Waals surface area (Å²) in [5, 5.41) is 4.10. The number of methoxy groups -OCH3 is 3. The maximum Gasteiger partial charge on any atom is 0.337 e. The number of ether oxygens (including phenoxy) is 3. The van der Waals surface area contributed by atoms with Gasteiger partial charge in [-0.05, 0) is 50.2 Å². The van der Waals surface area contributed by atoms with Crippen LogP contribution in [0.15, 0.2) is 53.6 Å². The lowest BCUT2D eigenvalue weighted by molar-refractivity contribution is 0.0600. The fourth-order valence-corrected chi connectivity index (χ4v) is 3.37. The highest BCUT2D eigenvalue weighted by Crippen LogP contribution is 2.23. The SMILES string of the molecule is COC(=O)c1cccc(-n2c(C)cc(/C=N\NC(=O)c3cc(OC)cc(OC)c3)c2C)c1. The Labute approximate surface area is 186 Å². The van der Waals surface area contributed by atoms with Gasteiger partial charge in [0, 0.05) is 34.3 Å². The Morgan fingerprint density at radius 2 is 1.62 bits per heavy atom. The minimum Gasteiger partial charge on any atom is -0.497 e. The second kappa shape index (κ2) is 9.82. The number of benzene rings is 2. The van der Waals surface area contributed by atoms with Crippen LogP contribution in [0.2, 0.25) is 0 Å². The summed E-state index contributed by atoms with van der Waals surface area (Å²) in [7, 11) is 4.39. The molecule has 0 aliphatic rings. The molecular formula is C24H25N3O5. The summed E-state index contributed by atoms with van der Waals surface area (Å²) in [6.07, 6.45) is 1.58. The molecule has 0 fully saturated rings. The molecule has 8 heteroatoms. The number of nitrogens with one attached hydrogen (secondary N) is 1. The third-order valence-corrected chi connectivity index (χ3v) is 4.98. The molecule has 1 amide bonds. The molecule has 0 spiro atoms. The second-order valence-corrected chi connectivity index (χ2v) is 7.00. The highest BCUT2D eigenvalue weighted by atomic mass is 16.5. The van der Waals surface area contributed by atoms with E-state index in [4.69, 9.17) is 14.2 Å². The van der Waals surface area contributed by atoms with E-state index in [1.807, 2.05) is 30.5 Å². The monoisotopic (exact) mass is 435 g/mol. The van der Waals surface area contributed by atoms with Gasteiger partial charge in [0.2, 0.25) is 0 Å². The molecule has 1 aromatic heterocycles. The van der Waals surface area contributed by atoms with Crippen molar-refractivity contribution in [2.75, 3.05) is 21.3 Å². The first-order chi connectivity index (χ1) is 15.4. The van der Waals surface area contributed by atoms with Gasteiger partial charge in [-0.3, -0.25) is 4.79 Å². The standard InChI is InChI=1S/C24H25N3O5/c1-15-9-19(16(2)27(15)20-8-6-7-17(10-20)24(29)32-5)14-25-26-23(28)18-11-21(30-3)13-22(12-18)31-4/h6-14H,1-5H3,(H,26,28)/b25-14-. The lowest BCUT2D eigenvalue weighted by Crippen LogP contribution is -2.17. The van der Waals surface area contributed by atoms with E-state index in [1.54, 1.807) is 42.6 Å². The van der Waals surface area contributed by atoms with Gasteiger partial charge >= 0.3 is 5.97 Å². The van der Waals surface area contributed by atoms with Crippen molar-refractivity contribution in [2.45, 2.75) is 13.8 Å². The highest BCUT2D eigenvalue weighted by Gasteiger charge is 2.13. The van der Waals surface area contributed by atoms with E-state index in [0.717, 1.165) is 22.6 Å². The summed E-state index contributed by atoms with van der Waals surface area (Å²) in [5.41, 5.74) is 6.88. The number of nitrogens with zero attached hydrogens (tertiary/aromatic N) is 2. The highest BCUT2D eigenvalue weighted by molar-refractivity contribution is 5.96. The summed E-state index contributed by atoms with van der Waals surface area (Å²) in [6, 6.07) is 14.0. The van der Waals surface area contributed by atoms with Gasteiger partial charge in [0.25, 0.3) is 5.91 Å². The molecule has 8 nitrogen and oxygen atoms in total. The molecule has 1 N–H and O–H groups in total. The molecule has 0 aliphatic heterocycles. The Kier molecular flexibility index (Phi) is 6.94. The van der Waals surface area contributed by atoms with Crippen LogP contribution in [0.25, 0.3) is 5.69 Å². The van der Waals surface area contributed by atoms with Gasteiger partial charge in [0.15, 0.2) is 0 Å². The molecule has 3 rings (SSSR count). The first kappa shape index (κ1) is 22.6. The minimum atomic E-state index is -0.395. The van der Waals surface area contributed by atoms with Gasteiger partial charge in [-0.2, -0.15) is 5.10 Å². The number of esters is 1. The number of hydrazone groups is 1. The van der Waals surface area contributed by atoms with Crippen LogP contribution in [-0.4, -0.2) is 44.0 Å². The van der Waals surface area contributed by atoms with Crippen LogP contribution in [0.5, 0.6) is 11.5 Å². The van der Waals surface area contributed by atoms with E-state index < -0.39 is 11.9 Å². The number of hydrogen-bond donors (Lipinski definition) is 1. The Balaban J connectivity index is 1.81. The van der Waals surface area contributed by atoms with Gasteiger partial charge in [-0.15, -0.1) is 0 Å². The second-order valence-electron chi connectivity index (χ2n) is 7.00. The summed E-state index contributed by atoms with van der Waals surface area (Å²) in [6.45, 7) is 3.89. The van der Waals surface area contributed by atoms with Gasteiger partial charge in [0.05, 0.1) is 33.1 Å². The van der Waals surface area contributed by atoms with Gasteiger partial charge in [0.1, 0.15) is 11.5 Å². The smallest absolute Gasteiger partial charge is 0.337 e. The van der Waals surface area contributed by atoms with Crippen LogP contribution in [0.3, 0.4) is 0 Å². The normalized spacial score (nSPS) is 10.8.